The smallest absolute Gasteiger partial charge is 0.130 e. The molecule has 0 saturated heterocycles. The summed E-state index contributed by atoms with van der Waals surface area (Å²) < 4.78 is 0. The number of rotatable bonds is 0. The molecule has 0 atom stereocenters. The molecule has 4 nitrogen and oxygen atoms in total. The van der Waals surface area contributed by atoms with Crippen LogP contribution in [-0.2, 0) is 0 Å². The summed E-state index contributed by atoms with van der Waals surface area (Å²) in [7, 11) is 0. The van der Waals surface area contributed by atoms with Crippen LogP contribution < -0.4 is 0 Å². The predicted octanol–water partition coefficient (Wildman–Crippen LogP) is 1.29. The van der Waals surface area contributed by atoms with E-state index >= 15 is 0 Å². The van der Waals surface area contributed by atoms with Gasteiger partial charge in [0.25, 0.3) is 0 Å². The van der Waals surface area contributed by atoms with Gasteiger partial charge in [0.05, 0.1) is 0 Å². The molecule has 0 fully saturated rings. The number of hydrogen-bond acceptors (Lipinski definition) is 3. The third-order valence-corrected chi connectivity index (χ3v) is 2.04. The summed E-state index contributed by atoms with van der Waals surface area (Å²) in [4.78, 5) is 0.793. The largest absolute Gasteiger partial charge is 0.410 e. The summed E-state index contributed by atoms with van der Waals surface area (Å²) in [5.41, 5.74) is 3.65. The summed E-state index contributed by atoms with van der Waals surface area (Å²) >= 11 is 0. The molecular weight excluding hydrogens is 154 g/mol. The van der Waals surface area contributed by atoms with E-state index in [-0.39, 0.29) is 0 Å². The monoisotopic (exact) mass is 163 g/mol. The maximum Gasteiger partial charge on any atom is 0.130 e. The van der Waals surface area contributed by atoms with Crippen molar-refractivity contribution in [1.29, 1.82) is 0 Å². The zero-order valence-corrected chi connectivity index (χ0v) is 6.94. The van der Waals surface area contributed by atoms with Crippen LogP contribution >= 0.6 is 0 Å². The molecule has 1 heterocycles. The maximum absolute atomic E-state index is 9.17. The Balaban J connectivity index is 2.87. The van der Waals surface area contributed by atoms with Crippen LogP contribution in [0.3, 0.4) is 0 Å². The fourth-order valence-electron chi connectivity index (χ4n) is 1.16. The molecule has 0 amide bonds. The van der Waals surface area contributed by atoms with E-state index in [1.807, 2.05) is 26.0 Å². The fraction of sp³-hybridized carbons (Fsp3) is 0.250. The molecule has 4 heteroatoms. The van der Waals surface area contributed by atoms with Crippen LogP contribution in [0.15, 0.2) is 12.1 Å². The number of nitrogens with zero attached hydrogens (tertiary/aromatic N) is 3. The SMILES string of the molecule is Cc1cc2nnn(O)c2cc1C. The zero-order valence-electron chi connectivity index (χ0n) is 6.94. The van der Waals surface area contributed by atoms with Gasteiger partial charge in [-0.15, -0.1) is 5.10 Å². The molecule has 0 aliphatic carbocycles. The molecule has 1 aromatic heterocycles. The highest BCUT2D eigenvalue weighted by Gasteiger charge is 2.04. The number of fused-ring (bicyclic) bond motifs is 1. The van der Waals surface area contributed by atoms with Crippen molar-refractivity contribution < 1.29 is 5.21 Å². The second-order valence-corrected chi connectivity index (χ2v) is 2.90. The molecule has 2 rings (SSSR count). The molecular formula is C8H9N3O. The average molecular weight is 163 g/mol. The molecule has 0 bridgehead atoms. The Morgan fingerprint density at radius 1 is 1.25 bits per heavy atom. The summed E-state index contributed by atoms with van der Waals surface area (Å²) in [6.07, 6.45) is 0. The topological polar surface area (TPSA) is 50.9 Å². The fourth-order valence-corrected chi connectivity index (χ4v) is 1.16. The van der Waals surface area contributed by atoms with Gasteiger partial charge in [0, 0.05) is 0 Å². The van der Waals surface area contributed by atoms with Crippen molar-refractivity contribution in [3.63, 3.8) is 0 Å². The van der Waals surface area contributed by atoms with Crippen molar-refractivity contribution in [2.24, 2.45) is 0 Å². The zero-order chi connectivity index (χ0) is 8.72. The van der Waals surface area contributed by atoms with Crippen LogP contribution in [0.4, 0.5) is 0 Å². The van der Waals surface area contributed by atoms with Gasteiger partial charge in [-0.25, -0.2) is 0 Å². The van der Waals surface area contributed by atoms with Crippen LogP contribution in [0, 0.1) is 13.8 Å². The lowest BCUT2D eigenvalue weighted by Gasteiger charge is -1.97. The van der Waals surface area contributed by atoms with Crippen LogP contribution in [0.25, 0.3) is 11.0 Å². The van der Waals surface area contributed by atoms with Crippen LogP contribution in [-0.4, -0.2) is 20.4 Å². The number of hydrogen-bond donors (Lipinski definition) is 1. The van der Waals surface area contributed by atoms with Crippen LogP contribution in [0.5, 0.6) is 0 Å². The lowest BCUT2D eigenvalue weighted by molar-refractivity contribution is 0.154. The van der Waals surface area contributed by atoms with Gasteiger partial charge >= 0.3 is 0 Å². The van der Waals surface area contributed by atoms with Crippen molar-refractivity contribution in [2.75, 3.05) is 0 Å². The minimum atomic E-state index is 0.651. The molecule has 0 radical (unpaired) electrons. The van der Waals surface area contributed by atoms with Crippen molar-refractivity contribution in [2.45, 2.75) is 13.8 Å². The van der Waals surface area contributed by atoms with E-state index in [9.17, 15) is 0 Å². The first kappa shape index (κ1) is 7.09. The summed E-state index contributed by atoms with van der Waals surface area (Å²) in [5.74, 6) is 0. The van der Waals surface area contributed by atoms with E-state index in [1.165, 1.54) is 0 Å². The van der Waals surface area contributed by atoms with Crippen molar-refractivity contribution >= 4 is 11.0 Å². The molecule has 1 N–H and O–H groups in total. The molecule has 1 aromatic carbocycles. The second kappa shape index (κ2) is 2.20. The highest BCUT2D eigenvalue weighted by molar-refractivity contribution is 5.75. The molecule has 62 valence electrons. The minimum absolute atomic E-state index is 0.651. The lowest BCUT2D eigenvalue weighted by atomic mass is 10.1. The van der Waals surface area contributed by atoms with Gasteiger partial charge in [0.15, 0.2) is 0 Å². The van der Waals surface area contributed by atoms with Gasteiger partial charge in [-0.3, -0.25) is 0 Å². The maximum atomic E-state index is 9.17. The number of benzene rings is 1. The Morgan fingerprint density at radius 3 is 2.67 bits per heavy atom. The quantitative estimate of drug-likeness (QED) is 0.595. The van der Waals surface area contributed by atoms with Crippen molar-refractivity contribution in [1.82, 2.24) is 15.2 Å². The Morgan fingerprint density at radius 2 is 1.92 bits per heavy atom. The second-order valence-electron chi connectivity index (χ2n) is 2.90. The van der Waals surface area contributed by atoms with Crippen LogP contribution in [0.2, 0.25) is 0 Å². The predicted molar refractivity (Wildman–Crippen MR) is 44.2 cm³/mol. The minimum Gasteiger partial charge on any atom is -0.410 e. The van der Waals surface area contributed by atoms with Crippen LogP contribution in [0.1, 0.15) is 11.1 Å². The molecule has 0 spiro atoms. The molecule has 0 aliphatic heterocycles. The third kappa shape index (κ3) is 0.845. The van der Waals surface area contributed by atoms with E-state index in [1.54, 1.807) is 0 Å². The molecule has 2 aromatic rings. The van der Waals surface area contributed by atoms with Gasteiger partial charge < -0.3 is 5.21 Å². The van der Waals surface area contributed by atoms with E-state index in [0.717, 1.165) is 21.5 Å². The van der Waals surface area contributed by atoms with Gasteiger partial charge in [-0.1, -0.05) is 4.85 Å². The van der Waals surface area contributed by atoms with E-state index in [2.05, 4.69) is 10.3 Å². The first-order valence-corrected chi connectivity index (χ1v) is 3.70. The average Bonchev–Trinajstić information content (AvgIpc) is 2.35. The van der Waals surface area contributed by atoms with Gasteiger partial charge in [0.1, 0.15) is 11.0 Å². The summed E-state index contributed by atoms with van der Waals surface area (Å²) in [6.45, 7) is 3.99. The Hall–Kier alpha value is -1.58. The van der Waals surface area contributed by atoms with E-state index in [4.69, 9.17) is 5.21 Å². The van der Waals surface area contributed by atoms with E-state index < -0.39 is 0 Å². The highest BCUT2D eigenvalue weighted by atomic mass is 16.5. The number of aromatic nitrogens is 3. The highest BCUT2D eigenvalue weighted by Crippen LogP contribution is 2.15. The van der Waals surface area contributed by atoms with E-state index in [0.29, 0.717) is 5.52 Å². The standard InChI is InChI=1S/C8H9N3O/c1-5-3-7-8(4-6(5)2)11(12)10-9-7/h3-4,12H,1-2H3. The summed E-state index contributed by atoms with van der Waals surface area (Å²) in [5, 5.41) is 16.5. The molecule has 0 saturated carbocycles. The molecule has 0 aliphatic rings. The first-order chi connectivity index (χ1) is 5.68. The molecule has 0 unspecified atom stereocenters. The molecule has 12 heavy (non-hydrogen) atoms. The number of aryl methyl sites for hydroxylation is 2. The van der Waals surface area contributed by atoms with Gasteiger partial charge in [-0.05, 0) is 42.3 Å². The third-order valence-electron chi connectivity index (χ3n) is 2.04. The Bertz CT molecular complexity index is 433. The van der Waals surface area contributed by atoms with Gasteiger partial charge in [-0.2, -0.15) is 0 Å². The Labute approximate surface area is 69.4 Å². The van der Waals surface area contributed by atoms with Crippen molar-refractivity contribution in [3.05, 3.63) is 23.3 Å². The normalized spacial score (nSPS) is 10.8. The summed E-state index contributed by atoms with van der Waals surface area (Å²) in [6, 6.07) is 3.77. The lowest BCUT2D eigenvalue weighted by Crippen LogP contribution is -1.92. The Kier molecular flexibility index (Phi) is 1.30. The van der Waals surface area contributed by atoms with Gasteiger partial charge in [0.2, 0.25) is 0 Å². The first-order valence-electron chi connectivity index (χ1n) is 3.70. The van der Waals surface area contributed by atoms with Crippen molar-refractivity contribution in [3.8, 4) is 0 Å².